The zero-order valence-corrected chi connectivity index (χ0v) is 14.9. The van der Waals surface area contributed by atoms with Gasteiger partial charge in [0.05, 0.1) is 24.0 Å². The summed E-state index contributed by atoms with van der Waals surface area (Å²) in [5.74, 6) is 1.02. The molecule has 0 radical (unpaired) electrons. The van der Waals surface area contributed by atoms with Gasteiger partial charge in [-0.2, -0.15) is 5.26 Å². The average molecular weight is 359 g/mol. The van der Waals surface area contributed by atoms with Crippen LogP contribution in [0, 0.1) is 18.3 Å². The molecule has 3 aromatic rings. The summed E-state index contributed by atoms with van der Waals surface area (Å²) in [7, 11) is 1.54. The number of benzene rings is 2. The van der Waals surface area contributed by atoms with Crippen LogP contribution in [0.1, 0.15) is 21.9 Å². The number of carbonyl (C=O) groups excluding carboxylic acids is 1. The van der Waals surface area contributed by atoms with E-state index in [1.54, 1.807) is 43.3 Å². The fourth-order valence-electron chi connectivity index (χ4n) is 2.51. The Morgan fingerprint density at radius 2 is 1.78 bits per heavy atom. The second-order valence-corrected chi connectivity index (χ2v) is 5.62. The first-order chi connectivity index (χ1) is 13.1. The van der Waals surface area contributed by atoms with E-state index in [0.717, 1.165) is 0 Å². The second-order valence-electron chi connectivity index (χ2n) is 5.62. The predicted molar refractivity (Wildman–Crippen MR) is 102 cm³/mol. The molecule has 0 bridgehead atoms. The first kappa shape index (κ1) is 17.9. The number of anilines is 3. The number of amides is 1. The number of nitrogens with one attached hydrogen (secondary N) is 2. The lowest BCUT2D eigenvalue weighted by Gasteiger charge is -2.11. The van der Waals surface area contributed by atoms with Crippen molar-refractivity contribution < 1.29 is 9.53 Å². The number of aryl methyl sites for hydroxylation is 1. The van der Waals surface area contributed by atoms with Crippen molar-refractivity contribution in [1.29, 1.82) is 5.26 Å². The van der Waals surface area contributed by atoms with E-state index >= 15 is 0 Å². The van der Waals surface area contributed by atoms with Crippen LogP contribution in [0.4, 0.5) is 17.2 Å². The molecule has 1 aromatic heterocycles. The largest absolute Gasteiger partial charge is 0.495 e. The Balaban J connectivity index is 1.87. The highest BCUT2D eigenvalue weighted by molar-refractivity contribution is 6.04. The zero-order valence-electron chi connectivity index (χ0n) is 14.9. The minimum atomic E-state index is -0.387. The lowest BCUT2D eigenvalue weighted by molar-refractivity contribution is 0.102. The second kappa shape index (κ2) is 7.97. The van der Waals surface area contributed by atoms with E-state index in [-0.39, 0.29) is 11.6 Å². The molecule has 27 heavy (non-hydrogen) atoms. The predicted octanol–water partition coefficient (Wildman–Crippen LogP) is 3.66. The van der Waals surface area contributed by atoms with Gasteiger partial charge in [0.15, 0.2) is 0 Å². The van der Waals surface area contributed by atoms with Crippen molar-refractivity contribution in [2.45, 2.75) is 6.92 Å². The molecule has 7 heteroatoms. The molecule has 1 heterocycles. The molecule has 2 N–H and O–H groups in total. The van der Waals surface area contributed by atoms with Crippen molar-refractivity contribution >= 4 is 23.1 Å². The Labute approximate surface area is 156 Å². The molecule has 2 aromatic carbocycles. The number of hydrogen-bond donors (Lipinski definition) is 2. The highest BCUT2D eigenvalue weighted by Gasteiger charge is 2.13. The van der Waals surface area contributed by atoms with E-state index in [1.165, 1.54) is 13.2 Å². The van der Waals surface area contributed by atoms with Gasteiger partial charge in [-0.15, -0.1) is 0 Å². The highest BCUT2D eigenvalue weighted by Crippen LogP contribution is 2.24. The summed E-state index contributed by atoms with van der Waals surface area (Å²) < 4.78 is 5.24. The third kappa shape index (κ3) is 4.19. The van der Waals surface area contributed by atoms with Crippen LogP contribution in [0.25, 0.3) is 0 Å². The fraction of sp³-hybridized carbons (Fsp3) is 0.100. The Bertz CT molecular complexity index is 1030. The number of nitriles is 1. The van der Waals surface area contributed by atoms with Gasteiger partial charge in [-0.25, -0.2) is 9.97 Å². The third-order valence-electron chi connectivity index (χ3n) is 3.74. The summed E-state index contributed by atoms with van der Waals surface area (Å²) in [4.78, 5) is 21.1. The van der Waals surface area contributed by atoms with Crippen molar-refractivity contribution in [1.82, 2.24) is 9.97 Å². The van der Waals surface area contributed by atoms with Gasteiger partial charge in [-0.3, -0.25) is 4.79 Å². The number of nitrogens with zero attached hydrogens (tertiary/aromatic N) is 3. The summed E-state index contributed by atoms with van der Waals surface area (Å²) in [5, 5.41) is 15.1. The van der Waals surface area contributed by atoms with E-state index in [9.17, 15) is 10.1 Å². The molecule has 1 amide bonds. The number of para-hydroxylation sites is 3. The lowest BCUT2D eigenvalue weighted by atomic mass is 10.2. The van der Waals surface area contributed by atoms with Crippen LogP contribution in [0.3, 0.4) is 0 Å². The molecule has 0 aliphatic heterocycles. The smallest absolute Gasteiger partial charge is 0.274 e. The molecule has 0 unspecified atom stereocenters. The normalized spacial score (nSPS) is 9.96. The van der Waals surface area contributed by atoms with Crippen molar-refractivity contribution in [3.63, 3.8) is 0 Å². The monoisotopic (exact) mass is 359 g/mol. The summed E-state index contributed by atoms with van der Waals surface area (Å²) in [6, 6.07) is 17.8. The standard InChI is InChI=1S/C20H17N5O2/c1-13-22-17(20(26)25-16-9-5-6-10-18(16)27-2)11-19(23-13)24-15-8-4-3-7-14(15)12-21/h3-11H,1-2H3,(H,25,26)(H,22,23,24). The first-order valence-corrected chi connectivity index (χ1v) is 8.17. The minimum Gasteiger partial charge on any atom is -0.495 e. The molecular weight excluding hydrogens is 342 g/mol. The maximum absolute atomic E-state index is 12.6. The maximum Gasteiger partial charge on any atom is 0.274 e. The Morgan fingerprint density at radius 3 is 2.52 bits per heavy atom. The van der Waals surface area contributed by atoms with Gasteiger partial charge in [-0.05, 0) is 31.2 Å². The lowest BCUT2D eigenvalue weighted by Crippen LogP contribution is -2.16. The number of hydrogen-bond acceptors (Lipinski definition) is 6. The van der Waals surface area contributed by atoms with Crippen molar-refractivity contribution in [3.05, 3.63) is 71.7 Å². The minimum absolute atomic E-state index is 0.199. The Morgan fingerprint density at radius 1 is 1.07 bits per heavy atom. The topological polar surface area (TPSA) is 99.9 Å². The van der Waals surface area contributed by atoms with E-state index in [0.29, 0.717) is 34.3 Å². The number of methoxy groups -OCH3 is 1. The van der Waals surface area contributed by atoms with Crippen LogP contribution in [0.2, 0.25) is 0 Å². The number of carbonyl (C=O) groups is 1. The molecule has 7 nitrogen and oxygen atoms in total. The number of rotatable bonds is 5. The SMILES string of the molecule is COc1ccccc1NC(=O)c1cc(Nc2ccccc2C#N)nc(C)n1. The fourth-order valence-corrected chi connectivity index (χ4v) is 2.51. The molecule has 0 saturated heterocycles. The van der Waals surface area contributed by atoms with E-state index < -0.39 is 0 Å². The van der Waals surface area contributed by atoms with Crippen molar-refractivity contribution in [3.8, 4) is 11.8 Å². The zero-order chi connectivity index (χ0) is 19.2. The molecule has 0 saturated carbocycles. The molecule has 0 atom stereocenters. The molecule has 0 aliphatic rings. The summed E-state index contributed by atoms with van der Waals surface area (Å²) >= 11 is 0. The average Bonchev–Trinajstić information content (AvgIpc) is 2.68. The summed E-state index contributed by atoms with van der Waals surface area (Å²) in [5.41, 5.74) is 1.83. The molecule has 0 fully saturated rings. The maximum atomic E-state index is 12.6. The van der Waals surface area contributed by atoms with Crippen LogP contribution in [0.15, 0.2) is 54.6 Å². The van der Waals surface area contributed by atoms with E-state index in [1.807, 2.05) is 12.1 Å². The molecule has 134 valence electrons. The molecule has 3 rings (SSSR count). The van der Waals surface area contributed by atoms with Crippen molar-refractivity contribution in [2.24, 2.45) is 0 Å². The van der Waals surface area contributed by atoms with Crippen LogP contribution in [-0.2, 0) is 0 Å². The quantitative estimate of drug-likeness (QED) is 0.721. The van der Waals surface area contributed by atoms with Crippen LogP contribution < -0.4 is 15.4 Å². The van der Waals surface area contributed by atoms with Gasteiger partial charge >= 0.3 is 0 Å². The molecular formula is C20H17N5O2. The van der Waals surface area contributed by atoms with Gasteiger partial charge in [-0.1, -0.05) is 24.3 Å². The Hall–Kier alpha value is -3.92. The molecule has 0 spiro atoms. The van der Waals surface area contributed by atoms with Gasteiger partial charge in [0.1, 0.15) is 29.2 Å². The summed E-state index contributed by atoms with van der Waals surface area (Å²) in [6.45, 7) is 1.70. The van der Waals surface area contributed by atoms with Gasteiger partial charge in [0.25, 0.3) is 5.91 Å². The van der Waals surface area contributed by atoms with Gasteiger partial charge in [0.2, 0.25) is 0 Å². The number of aromatic nitrogens is 2. The summed E-state index contributed by atoms with van der Waals surface area (Å²) in [6.07, 6.45) is 0. The van der Waals surface area contributed by atoms with Crippen LogP contribution in [0.5, 0.6) is 5.75 Å². The number of ether oxygens (including phenoxy) is 1. The van der Waals surface area contributed by atoms with Crippen LogP contribution >= 0.6 is 0 Å². The van der Waals surface area contributed by atoms with Crippen molar-refractivity contribution in [2.75, 3.05) is 17.7 Å². The van der Waals surface area contributed by atoms with Crippen LogP contribution in [-0.4, -0.2) is 23.0 Å². The first-order valence-electron chi connectivity index (χ1n) is 8.17. The van der Waals surface area contributed by atoms with E-state index in [2.05, 4.69) is 26.7 Å². The third-order valence-corrected chi connectivity index (χ3v) is 3.74. The van der Waals surface area contributed by atoms with Gasteiger partial charge < -0.3 is 15.4 Å². The molecule has 0 aliphatic carbocycles. The van der Waals surface area contributed by atoms with E-state index in [4.69, 9.17) is 4.74 Å². The van der Waals surface area contributed by atoms with Gasteiger partial charge in [0, 0.05) is 6.07 Å². The highest BCUT2D eigenvalue weighted by atomic mass is 16.5. The Kier molecular flexibility index (Phi) is 5.28.